The third-order valence-electron chi connectivity index (χ3n) is 5.78. The smallest absolute Gasteiger partial charge is 0.314 e. The van der Waals surface area contributed by atoms with Crippen LogP contribution in [0, 0.1) is 11.8 Å². The number of carbonyl (C=O) groups is 1. The first-order chi connectivity index (χ1) is 13.7. The van der Waals surface area contributed by atoms with Crippen LogP contribution in [0.3, 0.4) is 0 Å². The molecule has 28 heavy (non-hydrogen) atoms. The van der Waals surface area contributed by atoms with E-state index in [1.165, 1.54) is 44.1 Å². The zero-order chi connectivity index (χ0) is 19.8. The monoisotopic (exact) mass is 379 g/mol. The fourth-order valence-electron chi connectivity index (χ4n) is 3.96. The topological polar surface area (TPSA) is 39.2 Å². The molecular formula is C25H33NO2. The summed E-state index contributed by atoms with van der Waals surface area (Å²) >= 11 is 0. The Morgan fingerprint density at radius 2 is 1.79 bits per heavy atom. The van der Waals surface area contributed by atoms with E-state index in [4.69, 9.17) is 4.74 Å². The number of ether oxygens (including phenoxy) is 1. The molecule has 1 aromatic heterocycles. The predicted molar refractivity (Wildman–Crippen MR) is 114 cm³/mol. The van der Waals surface area contributed by atoms with Crippen LogP contribution in [0.15, 0.2) is 42.6 Å². The van der Waals surface area contributed by atoms with Crippen LogP contribution < -0.4 is 4.74 Å². The fraction of sp³-hybridized carbons (Fsp3) is 0.520. The Bertz CT molecular complexity index is 730. The van der Waals surface area contributed by atoms with Gasteiger partial charge in [-0.2, -0.15) is 0 Å². The summed E-state index contributed by atoms with van der Waals surface area (Å²) in [6.45, 7) is 4.43. The molecule has 1 aliphatic carbocycles. The lowest BCUT2D eigenvalue weighted by atomic mass is 9.73. The van der Waals surface area contributed by atoms with E-state index in [9.17, 15) is 4.79 Å². The maximum absolute atomic E-state index is 12.2. The quantitative estimate of drug-likeness (QED) is 0.265. The number of nitrogens with zero attached hydrogens (tertiary/aromatic N) is 1. The van der Waals surface area contributed by atoms with Crippen molar-refractivity contribution in [1.29, 1.82) is 0 Å². The van der Waals surface area contributed by atoms with Gasteiger partial charge in [0.2, 0.25) is 0 Å². The van der Waals surface area contributed by atoms with Gasteiger partial charge >= 0.3 is 5.97 Å². The van der Waals surface area contributed by atoms with Crippen LogP contribution in [0.25, 0.3) is 11.3 Å². The second-order valence-corrected chi connectivity index (χ2v) is 8.13. The van der Waals surface area contributed by atoms with Crippen molar-refractivity contribution >= 4 is 5.97 Å². The summed E-state index contributed by atoms with van der Waals surface area (Å²) in [5, 5.41) is 0. The molecule has 0 unspecified atom stereocenters. The summed E-state index contributed by atoms with van der Waals surface area (Å²) in [6.07, 6.45) is 12.6. The maximum Gasteiger partial charge on any atom is 0.314 e. The molecular weight excluding hydrogens is 346 g/mol. The molecule has 150 valence electrons. The summed E-state index contributed by atoms with van der Waals surface area (Å²) in [7, 11) is 0. The van der Waals surface area contributed by atoms with Crippen molar-refractivity contribution < 1.29 is 9.53 Å². The van der Waals surface area contributed by atoms with E-state index in [-0.39, 0.29) is 11.9 Å². The number of hydrogen-bond donors (Lipinski definition) is 0. The average Bonchev–Trinajstić information content (AvgIpc) is 2.69. The zero-order valence-corrected chi connectivity index (χ0v) is 17.3. The number of aryl methyl sites for hydroxylation is 1. The summed E-state index contributed by atoms with van der Waals surface area (Å²) in [5.74, 6) is 1.35. The zero-order valence-electron chi connectivity index (χ0n) is 17.3. The number of aromatic nitrogens is 1. The molecule has 0 atom stereocenters. The molecule has 3 rings (SSSR count). The highest BCUT2D eigenvalue weighted by Gasteiger charge is 2.35. The van der Waals surface area contributed by atoms with Crippen LogP contribution in [0.4, 0.5) is 0 Å². The molecule has 0 radical (unpaired) electrons. The summed E-state index contributed by atoms with van der Waals surface area (Å²) in [4.78, 5) is 16.8. The molecule has 1 fully saturated rings. The lowest BCUT2D eigenvalue weighted by molar-refractivity contribution is -0.143. The lowest BCUT2D eigenvalue weighted by Crippen LogP contribution is -2.33. The normalized spacial score (nSPS) is 18.5. The van der Waals surface area contributed by atoms with Crippen LogP contribution in [0.2, 0.25) is 0 Å². The number of benzene rings is 1. The van der Waals surface area contributed by atoms with E-state index < -0.39 is 0 Å². The van der Waals surface area contributed by atoms with Crippen LogP contribution in [-0.4, -0.2) is 11.0 Å². The molecule has 2 aromatic rings. The van der Waals surface area contributed by atoms with Gasteiger partial charge in [-0.05, 0) is 67.5 Å². The van der Waals surface area contributed by atoms with Crippen molar-refractivity contribution in [3.63, 3.8) is 0 Å². The van der Waals surface area contributed by atoms with Crippen molar-refractivity contribution in [1.82, 2.24) is 4.98 Å². The van der Waals surface area contributed by atoms with Gasteiger partial charge in [0.1, 0.15) is 5.75 Å². The van der Waals surface area contributed by atoms with Gasteiger partial charge < -0.3 is 4.74 Å². The Kier molecular flexibility index (Phi) is 7.64. The van der Waals surface area contributed by atoms with E-state index in [2.05, 4.69) is 31.0 Å². The number of hydrogen-bond acceptors (Lipinski definition) is 3. The molecule has 0 N–H and O–H groups in total. The van der Waals surface area contributed by atoms with E-state index in [0.717, 1.165) is 30.5 Å². The molecule has 0 aliphatic heterocycles. The maximum atomic E-state index is 12.2. The fourth-order valence-corrected chi connectivity index (χ4v) is 3.96. The van der Waals surface area contributed by atoms with E-state index >= 15 is 0 Å². The Morgan fingerprint density at radius 3 is 2.43 bits per heavy atom. The van der Waals surface area contributed by atoms with Gasteiger partial charge in [-0.1, -0.05) is 52.0 Å². The van der Waals surface area contributed by atoms with Gasteiger partial charge in [-0.3, -0.25) is 9.78 Å². The molecule has 3 nitrogen and oxygen atoms in total. The Hall–Kier alpha value is -2.16. The molecule has 1 aromatic carbocycles. The molecule has 0 spiro atoms. The second-order valence-electron chi connectivity index (χ2n) is 8.13. The molecule has 0 saturated heterocycles. The molecule has 1 heterocycles. The number of esters is 1. The van der Waals surface area contributed by atoms with Crippen LogP contribution in [0.5, 0.6) is 5.75 Å². The van der Waals surface area contributed by atoms with Crippen molar-refractivity contribution in [3.8, 4) is 17.0 Å². The van der Waals surface area contributed by atoms with Gasteiger partial charge in [0, 0.05) is 11.8 Å². The number of pyridine rings is 1. The van der Waals surface area contributed by atoms with E-state index in [1.54, 1.807) is 0 Å². The largest absolute Gasteiger partial charge is 0.426 e. The van der Waals surface area contributed by atoms with Crippen LogP contribution in [-0.2, 0) is 11.2 Å². The van der Waals surface area contributed by atoms with Crippen molar-refractivity contribution in [2.75, 3.05) is 0 Å². The highest BCUT2D eigenvalue weighted by Crippen LogP contribution is 2.37. The number of rotatable bonds is 10. The molecule has 0 bridgehead atoms. The third-order valence-corrected chi connectivity index (χ3v) is 5.78. The highest BCUT2D eigenvalue weighted by molar-refractivity contribution is 5.76. The molecule has 1 saturated carbocycles. The Balaban J connectivity index is 1.49. The first-order valence-corrected chi connectivity index (χ1v) is 11.0. The summed E-state index contributed by atoms with van der Waals surface area (Å²) in [5.41, 5.74) is 3.30. The van der Waals surface area contributed by atoms with Gasteiger partial charge in [0.05, 0.1) is 11.6 Å². The lowest BCUT2D eigenvalue weighted by Gasteiger charge is -2.33. The second kappa shape index (κ2) is 10.4. The Morgan fingerprint density at radius 1 is 1.00 bits per heavy atom. The van der Waals surface area contributed by atoms with Gasteiger partial charge in [-0.15, -0.1) is 0 Å². The van der Waals surface area contributed by atoms with Crippen molar-refractivity contribution in [3.05, 3.63) is 48.2 Å². The predicted octanol–water partition coefficient (Wildman–Crippen LogP) is 6.60. The molecule has 0 amide bonds. The SMILES string of the molecule is CCCCCCc1ccc(-c2ccc(OC(=O)C3CC(CCC)C3)cc2)nc1. The first kappa shape index (κ1) is 20.6. The first-order valence-electron chi connectivity index (χ1n) is 11.0. The third kappa shape index (κ3) is 5.67. The number of unbranched alkanes of at least 4 members (excludes halogenated alkanes) is 3. The highest BCUT2D eigenvalue weighted by atomic mass is 16.5. The standard InChI is InChI=1S/C25H33NO2/c1-3-5-6-7-9-19-10-15-24(26-18-19)21-11-13-23(14-12-21)28-25(27)22-16-20(17-22)8-4-2/h10-15,18,20,22H,3-9,16-17H2,1-2H3. The van der Waals surface area contributed by atoms with Gasteiger partial charge in [-0.25, -0.2) is 0 Å². The van der Waals surface area contributed by atoms with Crippen molar-refractivity contribution in [2.45, 2.75) is 71.6 Å². The number of carbonyl (C=O) groups excluding carboxylic acids is 1. The van der Waals surface area contributed by atoms with Gasteiger partial charge in [0.25, 0.3) is 0 Å². The van der Waals surface area contributed by atoms with Gasteiger partial charge in [0.15, 0.2) is 0 Å². The summed E-state index contributed by atoms with van der Waals surface area (Å²) < 4.78 is 5.56. The average molecular weight is 380 g/mol. The van der Waals surface area contributed by atoms with E-state index in [1.807, 2.05) is 30.5 Å². The van der Waals surface area contributed by atoms with Crippen LogP contribution in [0.1, 0.15) is 70.8 Å². The minimum Gasteiger partial charge on any atom is -0.426 e. The minimum atomic E-state index is -0.0781. The molecule has 1 aliphatic rings. The van der Waals surface area contributed by atoms with Crippen molar-refractivity contribution in [2.24, 2.45) is 11.8 Å². The van der Waals surface area contributed by atoms with Crippen LogP contribution >= 0.6 is 0 Å². The van der Waals surface area contributed by atoms with E-state index in [0.29, 0.717) is 11.7 Å². The minimum absolute atomic E-state index is 0.0781. The molecule has 3 heteroatoms. The Labute approximate surface area is 169 Å². The summed E-state index contributed by atoms with van der Waals surface area (Å²) in [6, 6.07) is 12.0.